The van der Waals surface area contributed by atoms with Gasteiger partial charge < -0.3 is 19.5 Å². The van der Waals surface area contributed by atoms with Gasteiger partial charge in [-0.15, -0.1) is 23.2 Å². The molecule has 0 aliphatic rings. The zero-order valence-corrected chi connectivity index (χ0v) is 14.7. The largest absolute Gasteiger partial charge is 0.481 e. The van der Waals surface area contributed by atoms with Gasteiger partial charge in [-0.1, -0.05) is 0 Å². The zero-order valence-electron chi connectivity index (χ0n) is 13.2. The lowest BCUT2D eigenvalue weighted by molar-refractivity contribution is -0.149. The molecule has 1 N–H and O–H groups in total. The number of nitrogens with zero attached hydrogens (tertiary/aromatic N) is 2. The number of carbonyl (C=O) groups excluding carboxylic acids is 3. The maximum atomic E-state index is 12.4. The predicted octanol–water partition coefficient (Wildman–Crippen LogP) is 1.71. The van der Waals surface area contributed by atoms with Gasteiger partial charge in [-0.05, 0) is 6.42 Å². The highest BCUT2D eigenvalue weighted by Crippen LogP contribution is 2.06. The van der Waals surface area contributed by atoms with Crippen LogP contribution in [-0.4, -0.2) is 77.2 Å². The van der Waals surface area contributed by atoms with Gasteiger partial charge in [-0.3, -0.25) is 9.59 Å². The van der Waals surface area contributed by atoms with Crippen LogP contribution in [0.2, 0.25) is 0 Å². The summed E-state index contributed by atoms with van der Waals surface area (Å²) in [6.45, 7) is 0.610. The van der Waals surface area contributed by atoms with Crippen LogP contribution in [0.1, 0.15) is 19.8 Å². The topological polar surface area (TPSA) is 113 Å². The maximum absolute atomic E-state index is 12.4. The van der Waals surface area contributed by atoms with Gasteiger partial charge in [0, 0.05) is 44.7 Å². The van der Waals surface area contributed by atoms with E-state index in [-0.39, 0.29) is 44.2 Å². The molecule has 0 aliphatic carbocycles. The van der Waals surface area contributed by atoms with Crippen LogP contribution in [0.15, 0.2) is 0 Å². The Balaban J connectivity index is 4.92. The van der Waals surface area contributed by atoms with E-state index < -0.39 is 30.9 Å². The number of imide groups is 1. The van der Waals surface area contributed by atoms with Gasteiger partial charge in [-0.2, -0.15) is 0 Å². The number of aliphatic carboxylic acids is 1. The minimum Gasteiger partial charge on any atom is -0.481 e. The van der Waals surface area contributed by atoms with Crippen molar-refractivity contribution >= 4 is 47.3 Å². The van der Waals surface area contributed by atoms with Crippen LogP contribution >= 0.6 is 23.2 Å². The van der Waals surface area contributed by atoms with E-state index in [9.17, 15) is 19.2 Å². The summed E-state index contributed by atoms with van der Waals surface area (Å²) in [7, 11) is 0. The van der Waals surface area contributed by atoms with Crippen molar-refractivity contribution in [1.82, 2.24) is 9.80 Å². The van der Waals surface area contributed by atoms with Crippen molar-refractivity contribution in [2.24, 2.45) is 0 Å². The highest BCUT2D eigenvalue weighted by molar-refractivity contribution is 6.18. The van der Waals surface area contributed by atoms with Crippen molar-refractivity contribution in [3.8, 4) is 0 Å². The molecular formula is C13H20Cl2N2O7. The van der Waals surface area contributed by atoms with Crippen LogP contribution in [-0.2, 0) is 19.1 Å². The van der Waals surface area contributed by atoms with E-state index in [0.717, 1.165) is 11.8 Å². The summed E-state index contributed by atoms with van der Waals surface area (Å²) in [5, 5.41) is 8.66. The summed E-state index contributed by atoms with van der Waals surface area (Å²) in [6.07, 6.45) is -1.24. The number of halogens is 2. The summed E-state index contributed by atoms with van der Waals surface area (Å²) in [4.78, 5) is 47.6. The fraction of sp³-hybridized carbons (Fsp3) is 0.692. The van der Waals surface area contributed by atoms with Crippen molar-refractivity contribution in [2.45, 2.75) is 19.8 Å². The molecule has 0 rings (SSSR count). The van der Waals surface area contributed by atoms with Crippen LogP contribution in [0, 0.1) is 0 Å². The number of urea groups is 1. The van der Waals surface area contributed by atoms with E-state index in [0.29, 0.717) is 0 Å². The average Bonchev–Trinajstić information content (AvgIpc) is 2.50. The predicted molar refractivity (Wildman–Crippen MR) is 85.1 cm³/mol. The lowest BCUT2D eigenvalue weighted by Crippen LogP contribution is -2.48. The van der Waals surface area contributed by atoms with Crippen LogP contribution in [0.4, 0.5) is 9.59 Å². The second kappa shape index (κ2) is 12.7. The lowest BCUT2D eigenvalue weighted by atomic mass is 10.3. The van der Waals surface area contributed by atoms with Crippen LogP contribution in [0.3, 0.4) is 0 Å². The molecule has 0 bridgehead atoms. The third kappa shape index (κ3) is 9.41. The van der Waals surface area contributed by atoms with E-state index in [4.69, 9.17) is 28.3 Å². The first-order chi connectivity index (χ1) is 11.3. The van der Waals surface area contributed by atoms with Gasteiger partial charge >= 0.3 is 24.1 Å². The number of hydrogen-bond acceptors (Lipinski definition) is 6. The lowest BCUT2D eigenvalue weighted by Gasteiger charge is -2.28. The molecule has 0 spiro atoms. The Kier molecular flexibility index (Phi) is 11.7. The number of carboxylic acids is 1. The van der Waals surface area contributed by atoms with Crippen molar-refractivity contribution < 1.29 is 33.8 Å². The molecule has 24 heavy (non-hydrogen) atoms. The highest BCUT2D eigenvalue weighted by atomic mass is 35.5. The van der Waals surface area contributed by atoms with Crippen molar-refractivity contribution in [2.75, 3.05) is 38.2 Å². The van der Waals surface area contributed by atoms with Crippen molar-refractivity contribution in [3.05, 3.63) is 0 Å². The minimum atomic E-state index is -1.06. The molecule has 9 nitrogen and oxygen atoms in total. The first-order valence-electron chi connectivity index (χ1n) is 7.03. The second-order valence-electron chi connectivity index (χ2n) is 4.46. The Bertz CT molecular complexity index is 442. The zero-order chi connectivity index (χ0) is 18.5. The van der Waals surface area contributed by atoms with E-state index in [1.54, 1.807) is 0 Å². The number of rotatable bonds is 10. The molecule has 0 fully saturated rings. The SMILES string of the molecule is CC(=O)OCOC(=O)N(CCCC(=O)O)C(=O)N(CCCl)CCCl. The van der Waals surface area contributed by atoms with Crippen molar-refractivity contribution in [3.63, 3.8) is 0 Å². The number of hydrogen-bond donors (Lipinski definition) is 1. The van der Waals surface area contributed by atoms with E-state index >= 15 is 0 Å². The normalized spacial score (nSPS) is 9.96. The van der Waals surface area contributed by atoms with Gasteiger partial charge in [0.1, 0.15) is 0 Å². The Morgan fingerprint density at radius 1 is 1.00 bits per heavy atom. The molecule has 3 amide bonds. The fourth-order valence-corrected chi connectivity index (χ4v) is 1.98. The number of carboxylic acid groups (broad SMARTS) is 1. The van der Waals surface area contributed by atoms with Crippen LogP contribution < -0.4 is 0 Å². The third-order valence-corrected chi connectivity index (χ3v) is 2.99. The Morgan fingerprint density at radius 2 is 1.58 bits per heavy atom. The smallest absolute Gasteiger partial charge is 0.420 e. The molecule has 0 unspecified atom stereocenters. The Hall–Kier alpha value is -1.74. The highest BCUT2D eigenvalue weighted by Gasteiger charge is 2.27. The van der Waals surface area contributed by atoms with Crippen molar-refractivity contribution in [1.29, 1.82) is 0 Å². The molecule has 0 saturated carbocycles. The monoisotopic (exact) mass is 386 g/mol. The summed E-state index contributed by atoms with van der Waals surface area (Å²) >= 11 is 11.2. The Labute approximate surface area is 149 Å². The molecule has 0 atom stereocenters. The maximum Gasteiger partial charge on any atom is 0.420 e. The summed E-state index contributed by atoms with van der Waals surface area (Å²) < 4.78 is 9.15. The molecule has 0 radical (unpaired) electrons. The molecule has 0 aromatic rings. The molecule has 11 heteroatoms. The molecule has 0 aliphatic heterocycles. The Morgan fingerprint density at radius 3 is 2.04 bits per heavy atom. The number of esters is 1. The minimum absolute atomic E-state index is 0.0410. The van der Waals surface area contributed by atoms with Gasteiger partial charge in [0.05, 0.1) is 0 Å². The molecule has 0 heterocycles. The first-order valence-corrected chi connectivity index (χ1v) is 8.10. The molecule has 0 aromatic carbocycles. The summed E-state index contributed by atoms with van der Waals surface area (Å²) in [5.74, 6) is -1.45. The third-order valence-electron chi connectivity index (χ3n) is 2.65. The average molecular weight is 387 g/mol. The van der Waals surface area contributed by atoms with Crippen LogP contribution in [0.5, 0.6) is 0 Å². The second-order valence-corrected chi connectivity index (χ2v) is 5.22. The molecule has 0 aromatic heterocycles. The van der Waals surface area contributed by atoms with Gasteiger partial charge in [0.25, 0.3) is 0 Å². The molecule has 0 saturated heterocycles. The standard InChI is InChI=1S/C13H20Cl2N2O7/c1-10(18)23-9-24-13(22)17(6-2-3-11(19)20)12(21)16(7-4-14)8-5-15/h2-9H2,1H3,(H,19,20). The van der Waals surface area contributed by atoms with E-state index in [2.05, 4.69) is 9.47 Å². The van der Waals surface area contributed by atoms with E-state index in [1.807, 2.05) is 0 Å². The number of alkyl halides is 2. The number of carbonyl (C=O) groups is 4. The fourth-order valence-electron chi connectivity index (χ4n) is 1.57. The quantitative estimate of drug-likeness (QED) is 0.345. The summed E-state index contributed by atoms with van der Waals surface area (Å²) in [6, 6.07) is -0.713. The van der Waals surface area contributed by atoms with Crippen LogP contribution in [0.25, 0.3) is 0 Å². The summed E-state index contributed by atoms with van der Waals surface area (Å²) in [5.41, 5.74) is 0. The van der Waals surface area contributed by atoms with E-state index in [1.165, 1.54) is 4.90 Å². The number of ether oxygens (including phenoxy) is 2. The first kappa shape index (κ1) is 22.3. The number of amides is 3. The molecule has 138 valence electrons. The van der Waals surface area contributed by atoms with Gasteiger partial charge in [0.2, 0.25) is 6.79 Å². The van der Waals surface area contributed by atoms with Gasteiger partial charge in [-0.25, -0.2) is 14.5 Å². The van der Waals surface area contributed by atoms with Gasteiger partial charge in [0.15, 0.2) is 0 Å². The molecular weight excluding hydrogens is 367 g/mol.